The molecule has 0 spiro atoms. The predicted molar refractivity (Wildman–Crippen MR) is 69.2 cm³/mol. The van der Waals surface area contributed by atoms with Crippen molar-refractivity contribution < 1.29 is 9.59 Å². The summed E-state index contributed by atoms with van der Waals surface area (Å²) < 4.78 is 0. The summed E-state index contributed by atoms with van der Waals surface area (Å²) in [5, 5.41) is 6.20. The molecule has 2 amide bonds. The van der Waals surface area contributed by atoms with Gasteiger partial charge in [-0.05, 0) is 25.0 Å². The molecule has 1 aromatic carbocycles. The van der Waals surface area contributed by atoms with Crippen molar-refractivity contribution in [2.75, 3.05) is 0 Å². The number of carbonyl (C=O) groups is 2. The summed E-state index contributed by atoms with van der Waals surface area (Å²) in [4.78, 5) is 22.7. The number of hydrogen-bond donors (Lipinski definition) is 2. The van der Waals surface area contributed by atoms with Crippen molar-refractivity contribution in [3.63, 3.8) is 0 Å². The van der Waals surface area contributed by atoms with Crippen LogP contribution in [0.4, 0.5) is 0 Å². The second kappa shape index (κ2) is 5.50. The molecular formula is C13H15ClN2O2. The Bertz CT molecular complexity index is 476. The highest BCUT2D eigenvalue weighted by Gasteiger charge is 2.27. The molecule has 0 radical (unpaired) electrons. The van der Waals surface area contributed by atoms with Crippen molar-refractivity contribution in [1.29, 1.82) is 0 Å². The Hall–Kier alpha value is -1.39. The van der Waals surface area contributed by atoms with Gasteiger partial charge >= 0.3 is 0 Å². The van der Waals surface area contributed by atoms with Crippen LogP contribution in [0, 0.1) is 0 Å². The predicted octanol–water partition coefficient (Wildman–Crippen LogP) is 1.80. The number of nitrogens with one attached hydrogen (secondary N) is 2. The van der Waals surface area contributed by atoms with Gasteiger partial charge in [0.1, 0.15) is 0 Å². The molecule has 18 heavy (non-hydrogen) atoms. The molecule has 2 rings (SSSR count). The maximum absolute atomic E-state index is 11.6. The maximum atomic E-state index is 11.6. The van der Waals surface area contributed by atoms with Gasteiger partial charge in [0.25, 0.3) is 0 Å². The molecule has 1 heterocycles. The Balaban J connectivity index is 2.04. The van der Waals surface area contributed by atoms with E-state index in [1.165, 1.54) is 0 Å². The van der Waals surface area contributed by atoms with Crippen molar-refractivity contribution in [3.8, 4) is 0 Å². The van der Waals surface area contributed by atoms with Crippen molar-refractivity contribution in [2.24, 2.45) is 0 Å². The Morgan fingerprint density at radius 2 is 2.11 bits per heavy atom. The standard InChI is InChI=1S/C13H15ClN2O2/c1-8(9-4-2-3-5-10(9)14)15-11-6-7-12(17)16-13(11)18/h2-5,8,11,15H,6-7H2,1H3,(H,16,17,18). The zero-order valence-electron chi connectivity index (χ0n) is 10.1. The van der Waals surface area contributed by atoms with Crippen LogP contribution in [-0.2, 0) is 9.59 Å². The van der Waals surface area contributed by atoms with Gasteiger partial charge in [0.2, 0.25) is 11.8 Å². The van der Waals surface area contributed by atoms with E-state index in [1.807, 2.05) is 31.2 Å². The molecule has 0 aromatic heterocycles. The Kier molecular flexibility index (Phi) is 3.99. The third-order valence-corrected chi connectivity index (χ3v) is 3.41. The topological polar surface area (TPSA) is 58.2 Å². The van der Waals surface area contributed by atoms with E-state index >= 15 is 0 Å². The van der Waals surface area contributed by atoms with Gasteiger partial charge in [-0.3, -0.25) is 20.2 Å². The molecule has 1 aliphatic heterocycles. The van der Waals surface area contributed by atoms with Crippen LogP contribution in [-0.4, -0.2) is 17.9 Å². The maximum Gasteiger partial charge on any atom is 0.243 e. The normalized spacial score (nSPS) is 21.6. The van der Waals surface area contributed by atoms with Crippen LogP contribution in [0.15, 0.2) is 24.3 Å². The first-order chi connectivity index (χ1) is 8.58. The SMILES string of the molecule is CC(NC1CCC(=O)NC1=O)c1ccccc1Cl. The van der Waals surface area contributed by atoms with Gasteiger partial charge in [-0.2, -0.15) is 0 Å². The van der Waals surface area contributed by atoms with Crippen LogP contribution < -0.4 is 10.6 Å². The molecule has 1 fully saturated rings. The van der Waals surface area contributed by atoms with E-state index in [1.54, 1.807) is 0 Å². The number of imide groups is 1. The largest absolute Gasteiger partial charge is 0.299 e. The van der Waals surface area contributed by atoms with Gasteiger partial charge in [0, 0.05) is 17.5 Å². The third kappa shape index (κ3) is 2.89. The van der Waals surface area contributed by atoms with Crippen LogP contribution in [0.1, 0.15) is 31.4 Å². The van der Waals surface area contributed by atoms with E-state index in [-0.39, 0.29) is 23.9 Å². The zero-order valence-corrected chi connectivity index (χ0v) is 10.8. The van der Waals surface area contributed by atoms with Crippen molar-refractivity contribution in [2.45, 2.75) is 31.8 Å². The molecule has 96 valence electrons. The highest BCUT2D eigenvalue weighted by molar-refractivity contribution is 6.31. The van der Waals surface area contributed by atoms with Gasteiger partial charge in [0.15, 0.2) is 0 Å². The van der Waals surface area contributed by atoms with E-state index < -0.39 is 0 Å². The Morgan fingerprint density at radius 3 is 2.78 bits per heavy atom. The monoisotopic (exact) mass is 266 g/mol. The second-order valence-electron chi connectivity index (χ2n) is 4.41. The van der Waals surface area contributed by atoms with Crippen LogP contribution in [0.3, 0.4) is 0 Å². The number of hydrogen-bond acceptors (Lipinski definition) is 3. The fraction of sp³-hybridized carbons (Fsp3) is 0.385. The molecule has 2 atom stereocenters. The summed E-state index contributed by atoms with van der Waals surface area (Å²) in [6, 6.07) is 7.14. The molecule has 0 aliphatic carbocycles. The van der Waals surface area contributed by atoms with Gasteiger partial charge in [-0.1, -0.05) is 29.8 Å². The summed E-state index contributed by atoms with van der Waals surface area (Å²) in [6.45, 7) is 1.95. The third-order valence-electron chi connectivity index (χ3n) is 3.06. The number of carbonyl (C=O) groups excluding carboxylic acids is 2. The Morgan fingerprint density at radius 1 is 1.39 bits per heavy atom. The van der Waals surface area contributed by atoms with E-state index in [0.717, 1.165) is 5.56 Å². The summed E-state index contributed by atoms with van der Waals surface area (Å²) in [6.07, 6.45) is 0.901. The van der Waals surface area contributed by atoms with Crippen LogP contribution in [0.2, 0.25) is 5.02 Å². The van der Waals surface area contributed by atoms with E-state index in [2.05, 4.69) is 10.6 Å². The summed E-state index contributed by atoms with van der Waals surface area (Å²) in [5.74, 6) is -0.464. The van der Waals surface area contributed by atoms with E-state index in [9.17, 15) is 9.59 Å². The lowest BCUT2D eigenvalue weighted by atomic mass is 10.0. The molecular weight excluding hydrogens is 252 g/mol. The number of benzene rings is 1. The Labute approximate surface area is 111 Å². The molecule has 2 N–H and O–H groups in total. The second-order valence-corrected chi connectivity index (χ2v) is 4.82. The summed E-state index contributed by atoms with van der Waals surface area (Å²) >= 11 is 6.10. The van der Waals surface area contributed by atoms with Gasteiger partial charge in [-0.25, -0.2) is 0 Å². The van der Waals surface area contributed by atoms with E-state index in [0.29, 0.717) is 17.9 Å². The molecule has 4 nitrogen and oxygen atoms in total. The average molecular weight is 267 g/mol. The van der Waals surface area contributed by atoms with Crippen LogP contribution in [0.5, 0.6) is 0 Å². The summed E-state index contributed by atoms with van der Waals surface area (Å²) in [7, 11) is 0. The van der Waals surface area contributed by atoms with Crippen molar-refractivity contribution >= 4 is 23.4 Å². The number of piperidine rings is 1. The molecule has 1 aromatic rings. The lowest BCUT2D eigenvalue weighted by molar-refractivity contribution is -0.134. The van der Waals surface area contributed by atoms with E-state index in [4.69, 9.17) is 11.6 Å². The zero-order chi connectivity index (χ0) is 13.1. The number of amides is 2. The van der Waals surface area contributed by atoms with Crippen molar-refractivity contribution in [1.82, 2.24) is 10.6 Å². The molecule has 1 aliphatic rings. The number of halogens is 1. The minimum absolute atomic E-state index is 0.0392. The average Bonchev–Trinajstić information content (AvgIpc) is 2.33. The molecule has 5 heteroatoms. The minimum atomic E-state index is -0.339. The first-order valence-corrected chi connectivity index (χ1v) is 6.30. The van der Waals surface area contributed by atoms with Gasteiger partial charge < -0.3 is 0 Å². The quantitative estimate of drug-likeness (QED) is 0.820. The van der Waals surface area contributed by atoms with Gasteiger partial charge in [-0.15, -0.1) is 0 Å². The minimum Gasteiger partial charge on any atom is -0.299 e. The van der Waals surface area contributed by atoms with Gasteiger partial charge in [0.05, 0.1) is 6.04 Å². The molecule has 0 saturated carbocycles. The first-order valence-electron chi connectivity index (χ1n) is 5.92. The lowest BCUT2D eigenvalue weighted by Gasteiger charge is -2.26. The van der Waals surface area contributed by atoms with Crippen molar-refractivity contribution in [3.05, 3.63) is 34.9 Å². The smallest absolute Gasteiger partial charge is 0.243 e. The highest BCUT2D eigenvalue weighted by atomic mass is 35.5. The summed E-state index contributed by atoms with van der Waals surface area (Å²) in [5.41, 5.74) is 0.948. The first kappa shape index (κ1) is 13.1. The van der Waals surface area contributed by atoms with Crippen LogP contribution >= 0.6 is 11.6 Å². The highest BCUT2D eigenvalue weighted by Crippen LogP contribution is 2.23. The molecule has 0 bridgehead atoms. The number of rotatable bonds is 3. The lowest BCUT2D eigenvalue weighted by Crippen LogP contribution is -2.51. The molecule has 2 unspecified atom stereocenters. The van der Waals surface area contributed by atoms with Crippen LogP contribution in [0.25, 0.3) is 0 Å². The fourth-order valence-electron chi connectivity index (χ4n) is 2.07. The fourth-order valence-corrected chi connectivity index (χ4v) is 2.37. The molecule has 1 saturated heterocycles.